The summed E-state index contributed by atoms with van der Waals surface area (Å²) in [5, 5.41) is 0. The summed E-state index contributed by atoms with van der Waals surface area (Å²) in [6.07, 6.45) is 3.85. The van der Waals surface area contributed by atoms with Gasteiger partial charge in [0.2, 0.25) is 0 Å². The largest absolute Gasteiger partial charge is 0.383 e. The number of nitrogen functional groups attached to an aromatic ring is 1. The molecule has 1 aromatic rings. The van der Waals surface area contributed by atoms with Crippen molar-refractivity contribution in [2.24, 2.45) is 5.92 Å². The molecule has 0 spiro atoms. The van der Waals surface area contributed by atoms with Gasteiger partial charge in [0.25, 0.3) is 0 Å². The summed E-state index contributed by atoms with van der Waals surface area (Å²) in [5.41, 5.74) is 9.69. The van der Waals surface area contributed by atoms with Crippen molar-refractivity contribution in [3.8, 4) is 0 Å². The molecule has 0 saturated heterocycles. The van der Waals surface area contributed by atoms with Crippen LogP contribution in [-0.4, -0.2) is 17.6 Å². The van der Waals surface area contributed by atoms with Crippen molar-refractivity contribution in [2.75, 3.05) is 12.3 Å². The van der Waals surface area contributed by atoms with E-state index in [1.165, 1.54) is 0 Å². The van der Waals surface area contributed by atoms with E-state index < -0.39 is 0 Å². The first kappa shape index (κ1) is 17.9. The first-order chi connectivity index (χ1) is 9.01. The zero-order valence-corrected chi connectivity index (χ0v) is 12.9. The molecule has 110 valence electrons. The lowest BCUT2D eigenvalue weighted by Gasteiger charge is -2.08. The lowest BCUT2D eigenvalue weighted by atomic mass is 10.0. The Kier molecular flexibility index (Phi) is 10.1. The molecule has 0 fully saturated rings. The molecular formula is C15H29N3O. The lowest BCUT2D eigenvalue weighted by Crippen LogP contribution is -2.25. The molecule has 3 N–H and O–H groups in total. The molecule has 0 aliphatic rings. The first-order valence-electron chi connectivity index (χ1n) is 7.07. The van der Waals surface area contributed by atoms with Crippen molar-refractivity contribution in [3.05, 3.63) is 23.9 Å². The van der Waals surface area contributed by atoms with Crippen LogP contribution in [0.1, 0.15) is 46.6 Å². The summed E-state index contributed by atoms with van der Waals surface area (Å²) in [4.78, 5) is 8.95. The van der Waals surface area contributed by atoms with Crippen molar-refractivity contribution in [1.82, 2.24) is 10.5 Å². The third-order valence-electron chi connectivity index (χ3n) is 2.60. The molecule has 0 amide bonds. The molecule has 19 heavy (non-hydrogen) atoms. The summed E-state index contributed by atoms with van der Waals surface area (Å²) in [6, 6.07) is 4.44. The maximum atomic E-state index is 5.66. The van der Waals surface area contributed by atoms with Crippen molar-refractivity contribution in [1.29, 1.82) is 0 Å². The van der Waals surface area contributed by atoms with Crippen LogP contribution < -0.4 is 11.2 Å². The number of rotatable bonds is 6. The second-order valence-corrected chi connectivity index (χ2v) is 5.01. The molecule has 1 unspecified atom stereocenters. The van der Waals surface area contributed by atoms with Gasteiger partial charge in [0, 0.05) is 12.2 Å². The van der Waals surface area contributed by atoms with Crippen LogP contribution in [0.3, 0.4) is 0 Å². The van der Waals surface area contributed by atoms with Crippen LogP contribution >= 0.6 is 0 Å². The van der Waals surface area contributed by atoms with Gasteiger partial charge in [-0.05, 0) is 44.2 Å². The van der Waals surface area contributed by atoms with E-state index in [0.29, 0.717) is 17.8 Å². The highest BCUT2D eigenvalue weighted by atomic mass is 16.6. The molecule has 1 heterocycles. The van der Waals surface area contributed by atoms with E-state index in [4.69, 9.17) is 10.6 Å². The molecule has 0 radical (unpaired) electrons. The molecule has 0 aromatic carbocycles. The number of aromatic nitrogens is 1. The Bertz CT molecular complexity index is 329. The van der Waals surface area contributed by atoms with E-state index in [9.17, 15) is 0 Å². The number of pyridine rings is 1. The van der Waals surface area contributed by atoms with E-state index in [0.717, 1.165) is 25.0 Å². The molecule has 0 saturated carbocycles. The standard InChI is InChI=1S/C9H14N2.C6H15NO/c1-7(2)6-8-4-3-5-11-9(8)10;1-4-6(3)7-8-5-2/h3-5,7H,6H2,1-2H3,(H2,10,11);6-7H,4-5H2,1-3H3. The Morgan fingerprint density at radius 3 is 2.47 bits per heavy atom. The van der Waals surface area contributed by atoms with E-state index in [1.807, 2.05) is 19.1 Å². The van der Waals surface area contributed by atoms with Gasteiger partial charge in [-0.25, -0.2) is 4.98 Å². The van der Waals surface area contributed by atoms with Gasteiger partial charge in [0.05, 0.1) is 6.61 Å². The van der Waals surface area contributed by atoms with Gasteiger partial charge in [-0.3, -0.25) is 0 Å². The fourth-order valence-corrected chi connectivity index (χ4v) is 1.37. The molecule has 4 heteroatoms. The lowest BCUT2D eigenvalue weighted by molar-refractivity contribution is 0.0281. The van der Waals surface area contributed by atoms with Crippen molar-refractivity contribution >= 4 is 5.82 Å². The number of nitrogens with zero attached hydrogens (tertiary/aromatic N) is 1. The van der Waals surface area contributed by atoms with Crippen molar-refractivity contribution in [2.45, 2.75) is 53.5 Å². The molecular weight excluding hydrogens is 238 g/mol. The summed E-state index contributed by atoms with van der Waals surface area (Å²) in [7, 11) is 0. The van der Waals surface area contributed by atoms with Gasteiger partial charge in [-0.1, -0.05) is 26.8 Å². The summed E-state index contributed by atoms with van der Waals surface area (Å²) in [6.45, 7) is 11.3. The minimum Gasteiger partial charge on any atom is -0.383 e. The Hall–Kier alpha value is -1.13. The number of nitrogens with two attached hydrogens (primary N) is 1. The van der Waals surface area contributed by atoms with Crippen LogP contribution in [0.15, 0.2) is 18.3 Å². The zero-order chi connectivity index (χ0) is 14.7. The molecule has 4 nitrogen and oxygen atoms in total. The van der Waals surface area contributed by atoms with E-state index >= 15 is 0 Å². The smallest absolute Gasteiger partial charge is 0.126 e. The Labute approximate surface area is 117 Å². The SMILES string of the molecule is CC(C)Cc1cccnc1N.CCONC(C)CC. The van der Waals surface area contributed by atoms with E-state index in [1.54, 1.807) is 6.20 Å². The molecule has 0 bridgehead atoms. The molecule has 0 aliphatic carbocycles. The van der Waals surface area contributed by atoms with E-state index in [2.05, 4.69) is 38.2 Å². The van der Waals surface area contributed by atoms with Crippen LogP contribution in [0.5, 0.6) is 0 Å². The summed E-state index contributed by atoms with van der Waals surface area (Å²) in [5.74, 6) is 1.31. The topological polar surface area (TPSA) is 60.2 Å². The summed E-state index contributed by atoms with van der Waals surface area (Å²) >= 11 is 0. The second kappa shape index (κ2) is 10.8. The Balaban J connectivity index is 0.000000362. The predicted octanol–water partition coefficient (Wildman–Crippen LogP) is 3.19. The fourth-order valence-electron chi connectivity index (χ4n) is 1.37. The zero-order valence-electron chi connectivity index (χ0n) is 12.9. The highest BCUT2D eigenvalue weighted by molar-refractivity contribution is 5.38. The molecule has 1 atom stereocenters. The number of hydrogen-bond acceptors (Lipinski definition) is 4. The van der Waals surface area contributed by atoms with Crippen LogP contribution in [0.25, 0.3) is 0 Å². The maximum Gasteiger partial charge on any atom is 0.126 e. The van der Waals surface area contributed by atoms with Gasteiger partial charge in [-0.2, -0.15) is 5.48 Å². The number of hydrogen-bond donors (Lipinski definition) is 2. The third-order valence-corrected chi connectivity index (χ3v) is 2.60. The van der Waals surface area contributed by atoms with Crippen molar-refractivity contribution in [3.63, 3.8) is 0 Å². The molecule has 0 aliphatic heterocycles. The summed E-state index contributed by atoms with van der Waals surface area (Å²) < 4.78 is 0. The Morgan fingerprint density at radius 2 is 2.00 bits per heavy atom. The van der Waals surface area contributed by atoms with Gasteiger partial charge < -0.3 is 10.6 Å². The van der Waals surface area contributed by atoms with Crippen LogP contribution in [0.2, 0.25) is 0 Å². The highest BCUT2D eigenvalue weighted by Gasteiger charge is 2.00. The van der Waals surface area contributed by atoms with Crippen LogP contribution in [-0.2, 0) is 11.3 Å². The van der Waals surface area contributed by atoms with Gasteiger partial charge in [0.15, 0.2) is 0 Å². The minimum absolute atomic E-state index is 0.481. The van der Waals surface area contributed by atoms with Crippen LogP contribution in [0.4, 0.5) is 5.82 Å². The van der Waals surface area contributed by atoms with Gasteiger partial charge in [0.1, 0.15) is 5.82 Å². The number of hydroxylamine groups is 1. The van der Waals surface area contributed by atoms with Crippen molar-refractivity contribution < 1.29 is 4.84 Å². The molecule has 1 aromatic heterocycles. The second-order valence-electron chi connectivity index (χ2n) is 5.01. The molecule has 1 rings (SSSR count). The highest BCUT2D eigenvalue weighted by Crippen LogP contribution is 2.12. The third kappa shape index (κ3) is 9.45. The van der Waals surface area contributed by atoms with Gasteiger partial charge in [-0.15, -0.1) is 0 Å². The quantitative estimate of drug-likeness (QED) is 0.777. The van der Waals surface area contributed by atoms with Gasteiger partial charge >= 0.3 is 0 Å². The number of nitrogens with one attached hydrogen (secondary N) is 1. The minimum atomic E-state index is 0.481. The first-order valence-corrected chi connectivity index (χ1v) is 7.07. The van der Waals surface area contributed by atoms with Crippen LogP contribution in [0, 0.1) is 5.92 Å². The predicted molar refractivity (Wildman–Crippen MR) is 81.7 cm³/mol. The Morgan fingerprint density at radius 1 is 1.32 bits per heavy atom. The number of anilines is 1. The van der Waals surface area contributed by atoms with E-state index in [-0.39, 0.29) is 0 Å². The normalized spacial score (nSPS) is 11.9. The average Bonchev–Trinajstić information content (AvgIpc) is 2.39. The fraction of sp³-hybridized carbons (Fsp3) is 0.667. The maximum absolute atomic E-state index is 5.66. The average molecular weight is 267 g/mol. The monoisotopic (exact) mass is 267 g/mol.